The molecule has 2 N–H and O–H groups in total. The van der Waals surface area contributed by atoms with E-state index in [2.05, 4.69) is 15.3 Å². The Labute approximate surface area is 140 Å². The SMILES string of the molecule is CC(CCO)Nc1nc(-c2ccccc2)c2cc(Cl)ccc2n1. The first kappa shape index (κ1) is 15.7. The van der Waals surface area contributed by atoms with Gasteiger partial charge in [-0.3, -0.25) is 0 Å². The van der Waals surface area contributed by atoms with Crippen LogP contribution in [-0.2, 0) is 0 Å². The molecule has 23 heavy (non-hydrogen) atoms. The molecule has 0 amide bonds. The molecule has 0 bridgehead atoms. The van der Waals surface area contributed by atoms with Crippen LogP contribution in [-0.4, -0.2) is 27.7 Å². The molecule has 118 valence electrons. The lowest BCUT2D eigenvalue weighted by Crippen LogP contribution is -2.18. The van der Waals surface area contributed by atoms with E-state index < -0.39 is 0 Å². The summed E-state index contributed by atoms with van der Waals surface area (Å²) in [5.41, 5.74) is 2.69. The van der Waals surface area contributed by atoms with E-state index in [1.54, 1.807) is 0 Å². The smallest absolute Gasteiger partial charge is 0.224 e. The zero-order valence-electron chi connectivity index (χ0n) is 12.8. The van der Waals surface area contributed by atoms with Crippen LogP contribution < -0.4 is 5.32 Å². The summed E-state index contributed by atoms with van der Waals surface area (Å²) >= 11 is 6.14. The van der Waals surface area contributed by atoms with Crippen molar-refractivity contribution in [2.75, 3.05) is 11.9 Å². The Bertz CT molecular complexity index is 808. The molecule has 1 heterocycles. The van der Waals surface area contributed by atoms with Gasteiger partial charge in [-0.15, -0.1) is 0 Å². The fourth-order valence-corrected chi connectivity index (χ4v) is 2.64. The van der Waals surface area contributed by atoms with Gasteiger partial charge in [0.15, 0.2) is 0 Å². The summed E-state index contributed by atoms with van der Waals surface area (Å²) in [4.78, 5) is 9.23. The minimum Gasteiger partial charge on any atom is -0.396 e. The highest BCUT2D eigenvalue weighted by Gasteiger charge is 2.12. The predicted octanol–water partition coefficient (Wildman–Crippen LogP) is 4.13. The van der Waals surface area contributed by atoms with E-state index in [1.807, 2.05) is 55.5 Å². The fourth-order valence-electron chi connectivity index (χ4n) is 2.47. The molecule has 0 saturated carbocycles. The maximum atomic E-state index is 9.05. The van der Waals surface area contributed by atoms with Gasteiger partial charge >= 0.3 is 0 Å². The molecular formula is C18H18ClN3O. The van der Waals surface area contributed by atoms with Crippen molar-refractivity contribution < 1.29 is 5.11 Å². The molecule has 0 radical (unpaired) electrons. The summed E-state index contributed by atoms with van der Waals surface area (Å²) in [6.45, 7) is 2.12. The van der Waals surface area contributed by atoms with Crippen molar-refractivity contribution in [2.45, 2.75) is 19.4 Å². The molecule has 0 aliphatic rings. The van der Waals surface area contributed by atoms with Gasteiger partial charge in [-0.05, 0) is 31.5 Å². The van der Waals surface area contributed by atoms with Crippen molar-refractivity contribution in [3.63, 3.8) is 0 Å². The Kier molecular flexibility index (Phi) is 4.74. The van der Waals surface area contributed by atoms with Gasteiger partial charge in [0.05, 0.1) is 11.2 Å². The molecule has 0 aliphatic carbocycles. The molecule has 1 aromatic heterocycles. The van der Waals surface area contributed by atoms with Crippen LogP contribution in [0.4, 0.5) is 5.95 Å². The Balaban J connectivity index is 2.12. The highest BCUT2D eigenvalue weighted by Crippen LogP contribution is 2.29. The first-order valence-electron chi connectivity index (χ1n) is 7.57. The van der Waals surface area contributed by atoms with Crippen LogP contribution in [0.3, 0.4) is 0 Å². The van der Waals surface area contributed by atoms with Crippen LogP contribution in [0.1, 0.15) is 13.3 Å². The molecule has 0 saturated heterocycles. The number of hydrogen-bond donors (Lipinski definition) is 2. The Morgan fingerprint density at radius 2 is 1.91 bits per heavy atom. The monoisotopic (exact) mass is 327 g/mol. The van der Waals surface area contributed by atoms with Crippen molar-refractivity contribution in [2.24, 2.45) is 0 Å². The number of nitrogens with one attached hydrogen (secondary N) is 1. The first-order chi connectivity index (χ1) is 11.2. The number of fused-ring (bicyclic) bond motifs is 1. The number of anilines is 1. The average molecular weight is 328 g/mol. The van der Waals surface area contributed by atoms with Crippen molar-refractivity contribution >= 4 is 28.5 Å². The van der Waals surface area contributed by atoms with Gasteiger partial charge < -0.3 is 10.4 Å². The lowest BCUT2D eigenvalue weighted by Gasteiger charge is -2.15. The van der Waals surface area contributed by atoms with Gasteiger partial charge in [-0.2, -0.15) is 0 Å². The Morgan fingerprint density at radius 1 is 1.13 bits per heavy atom. The van der Waals surface area contributed by atoms with Gasteiger partial charge in [0.2, 0.25) is 5.95 Å². The highest BCUT2D eigenvalue weighted by atomic mass is 35.5. The molecule has 1 unspecified atom stereocenters. The minimum absolute atomic E-state index is 0.0911. The van der Waals surface area contributed by atoms with Crippen LogP contribution >= 0.6 is 11.6 Å². The molecule has 3 rings (SSSR count). The van der Waals surface area contributed by atoms with E-state index >= 15 is 0 Å². The Hall–Kier alpha value is -2.17. The van der Waals surface area contributed by atoms with Crippen molar-refractivity contribution in [1.29, 1.82) is 0 Å². The van der Waals surface area contributed by atoms with E-state index in [-0.39, 0.29) is 12.6 Å². The summed E-state index contributed by atoms with van der Waals surface area (Å²) in [6, 6.07) is 15.7. The van der Waals surface area contributed by atoms with E-state index in [9.17, 15) is 0 Å². The summed E-state index contributed by atoms with van der Waals surface area (Å²) in [6.07, 6.45) is 0.642. The molecule has 0 fully saturated rings. The number of halogens is 1. The highest BCUT2D eigenvalue weighted by molar-refractivity contribution is 6.31. The number of aliphatic hydroxyl groups is 1. The lowest BCUT2D eigenvalue weighted by atomic mass is 10.1. The standard InChI is InChI=1S/C18H18ClN3O/c1-12(9-10-23)20-18-21-16-8-7-14(19)11-15(16)17(22-18)13-5-3-2-4-6-13/h2-8,11-12,23H,9-10H2,1H3,(H,20,21,22). The van der Waals surface area contributed by atoms with E-state index in [0.717, 1.165) is 22.2 Å². The largest absolute Gasteiger partial charge is 0.396 e. The molecule has 5 heteroatoms. The third-order valence-corrected chi connectivity index (χ3v) is 3.88. The number of aliphatic hydroxyl groups excluding tert-OH is 1. The number of rotatable bonds is 5. The number of aromatic nitrogens is 2. The van der Waals surface area contributed by atoms with E-state index in [0.29, 0.717) is 17.4 Å². The zero-order valence-corrected chi connectivity index (χ0v) is 13.6. The quantitative estimate of drug-likeness (QED) is 0.739. The van der Waals surface area contributed by atoms with Crippen LogP contribution in [0.5, 0.6) is 0 Å². The molecule has 0 aliphatic heterocycles. The summed E-state index contributed by atoms with van der Waals surface area (Å²) in [5, 5.41) is 13.9. The topological polar surface area (TPSA) is 58.0 Å². The van der Waals surface area contributed by atoms with Crippen molar-refractivity contribution in [3.8, 4) is 11.3 Å². The molecule has 0 spiro atoms. The minimum atomic E-state index is 0.0911. The third-order valence-electron chi connectivity index (χ3n) is 3.64. The normalized spacial score (nSPS) is 12.3. The van der Waals surface area contributed by atoms with Crippen LogP contribution in [0.2, 0.25) is 5.02 Å². The predicted molar refractivity (Wildman–Crippen MR) is 94.8 cm³/mol. The lowest BCUT2D eigenvalue weighted by molar-refractivity contribution is 0.282. The second kappa shape index (κ2) is 6.94. The molecule has 2 aromatic carbocycles. The van der Waals surface area contributed by atoms with Gasteiger partial charge in [0.25, 0.3) is 0 Å². The third kappa shape index (κ3) is 3.60. The second-order valence-corrected chi connectivity index (χ2v) is 5.92. The van der Waals surface area contributed by atoms with Crippen LogP contribution in [0.15, 0.2) is 48.5 Å². The molecule has 4 nitrogen and oxygen atoms in total. The number of hydrogen-bond acceptors (Lipinski definition) is 4. The zero-order chi connectivity index (χ0) is 16.2. The number of nitrogens with zero attached hydrogens (tertiary/aromatic N) is 2. The summed E-state index contributed by atoms with van der Waals surface area (Å²) in [7, 11) is 0. The maximum Gasteiger partial charge on any atom is 0.224 e. The van der Waals surface area contributed by atoms with Gasteiger partial charge in [0, 0.05) is 28.6 Å². The maximum absolute atomic E-state index is 9.05. The van der Waals surface area contributed by atoms with Crippen molar-refractivity contribution in [3.05, 3.63) is 53.6 Å². The van der Waals surface area contributed by atoms with Crippen LogP contribution in [0.25, 0.3) is 22.2 Å². The second-order valence-electron chi connectivity index (χ2n) is 5.48. The van der Waals surface area contributed by atoms with Crippen molar-refractivity contribution in [1.82, 2.24) is 9.97 Å². The Morgan fingerprint density at radius 3 is 2.65 bits per heavy atom. The van der Waals surface area contributed by atoms with Gasteiger partial charge in [-0.1, -0.05) is 41.9 Å². The van der Waals surface area contributed by atoms with Gasteiger partial charge in [-0.25, -0.2) is 9.97 Å². The molecule has 3 aromatic rings. The first-order valence-corrected chi connectivity index (χ1v) is 7.95. The van der Waals surface area contributed by atoms with Gasteiger partial charge in [0.1, 0.15) is 0 Å². The average Bonchev–Trinajstić information content (AvgIpc) is 2.55. The fraction of sp³-hybridized carbons (Fsp3) is 0.222. The van der Waals surface area contributed by atoms with E-state index in [4.69, 9.17) is 16.7 Å². The molecular weight excluding hydrogens is 310 g/mol. The number of benzene rings is 2. The van der Waals surface area contributed by atoms with E-state index in [1.165, 1.54) is 0 Å². The molecule has 1 atom stereocenters. The summed E-state index contributed by atoms with van der Waals surface area (Å²) in [5.74, 6) is 0.555. The summed E-state index contributed by atoms with van der Waals surface area (Å²) < 4.78 is 0. The van der Waals surface area contributed by atoms with Crippen LogP contribution in [0, 0.1) is 0 Å².